The van der Waals surface area contributed by atoms with E-state index in [0.717, 1.165) is 36.5 Å². The van der Waals surface area contributed by atoms with E-state index in [1.165, 1.54) is 0 Å². The van der Waals surface area contributed by atoms with Gasteiger partial charge in [-0.05, 0) is 24.4 Å². The minimum Gasteiger partial charge on any atom is -0.378 e. The van der Waals surface area contributed by atoms with Gasteiger partial charge in [-0.1, -0.05) is 30.3 Å². The summed E-state index contributed by atoms with van der Waals surface area (Å²) in [7, 11) is 0. The summed E-state index contributed by atoms with van der Waals surface area (Å²) in [5, 5.41) is 0.433. The fourth-order valence-corrected chi connectivity index (χ4v) is 3.89. The molecule has 7 heteroatoms. The van der Waals surface area contributed by atoms with E-state index in [9.17, 15) is 4.79 Å². The van der Waals surface area contributed by atoms with Crippen LogP contribution in [0.2, 0.25) is 0 Å². The third kappa shape index (κ3) is 3.07. The largest absolute Gasteiger partial charge is 0.378 e. The Hall–Kier alpha value is -1.83. The minimum absolute atomic E-state index is 0.0667. The van der Waals surface area contributed by atoms with Crippen LogP contribution >= 0.6 is 11.5 Å². The van der Waals surface area contributed by atoms with E-state index in [2.05, 4.69) is 9.36 Å². The van der Waals surface area contributed by atoms with E-state index >= 15 is 0 Å². The van der Waals surface area contributed by atoms with Gasteiger partial charge < -0.3 is 14.4 Å². The van der Waals surface area contributed by atoms with Gasteiger partial charge in [-0.15, -0.1) is 0 Å². The van der Waals surface area contributed by atoms with Gasteiger partial charge in [-0.2, -0.15) is 4.37 Å². The SMILES string of the molecule is O=C(c1nc(-c2ccccc2)ns1)N1CCOC2(CCCOC2)C1. The van der Waals surface area contributed by atoms with Crippen molar-refractivity contribution >= 4 is 17.4 Å². The zero-order valence-corrected chi connectivity index (χ0v) is 14.1. The van der Waals surface area contributed by atoms with Gasteiger partial charge in [0.2, 0.25) is 5.01 Å². The number of hydrogen-bond acceptors (Lipinski definition) is 6. The van der Waals surface area contributed by atoms with Crippen molar-refractivity contribution in [3.8, 4) is 11.4 Å². The molecule has 4 rings (SSSR count). The molecule has 2 aliphatic heterocycles. The Labute approximate surface area is 144 Å². The van der Waals surface area contributed by atoms with E-state index in [-0.39, 0.29) is 11.5 Å². The Morgan fingerprint density at radius 1 is 1.25 bits per heavy atom. The Bertz CT molecular complexity index is 707. The molecular formula is C17H19N3O3S. The van der Waals surface area contributed by atoms with Crippen LogP contribution in [0.25, 0.3) is 11.4 Å². The molecule has 0 aliphatic carbocycles. The maximum atomic E-state index is 12.8. The Morgan fingerprint density at radius 3 is 2.92 bits per heavy atom. The number of nitrogens with zero attached hydrogens (tertiary/aromatic N) is 3. The highest BCUT2D eigenvalue weighted by molar-refractivity contribution is 7.07. The molecule has 24 heavy (non-hydrogen) atoms. The van der Waals surface area contributed by atoms with Crippen LogP contribution in [0.5, 0.6) is 0 Å². The lowest BCUT2D eigenvalue weighted by Crippen LogP contribution is -2.57. The van der Waals surface area contributed by atoms with Crippen molar-refractivity contribution in [1.29, 1.82) is 0 Å². The van der Waals surface area contributed by atoms with Crippen molar-refractivity contribution in [2.45, 2.75) is 18.4 Å². The molecular weight excluding hydrogens is 326 g/mol. The first-order valence-corrected chi connectivity index (χ1v) is 8.93. The highest BCUT2D eigenvalue weighted by Gasteiger charge is 2.40. The second-order valence-electron chi connectivity index (χ2n) is 6.20. The summed E-state index contributed by atoms with van der Waals surface area (Å²) in [5.41, 5.74) is 0.575. The van der Waals surface area contributed by atoms with Crippen LogP contribution in [-0.2, 0) is 9.47 Å². The maximum Gasteiger partial charge on any atom is 0.284 e. The van der Waals surface area contributed by atoms with Gasteiger partial charge in [0.25, 0.3) is 5.91 Å². The van der Waals surface area contributed by atoms with Crippen LogP contribution < -0.4 is 0 Å². The Balaban J connectivity index is 1.50. The summed E-state index contributed by atoms with van der Waals surface area (Å²) in [4.78, 5) is 19.1. The molecule has 2 fully saturated rings. The van der Waals surface area contributed by atoms with Crippen LogP contribution in [0.15, 0.2) is 30.3 Å². The normalized spacial score (nSPS) is 24.2. The van der Waals surface area contributed by atoms with Gasteiger partial charge in [0.05, 0.1) is 19.8 Å². The zero-order valence-electron chi connectivity index (χ0n) is 13.3. The summed E-state index contributed by atoms with van der Waals surface area (Å²) >= 11 is 1.16. The van der Waals surface area contributed by atoms with E-state index in [1.807, 2.05) is 35.2 Å². The van der Waals surface area contributed by atoms with Gasteiger partial charge in [-0.3, -0.25) is 4.79 Å². The number of carbonyl (C=O) groups is 1. The molecule has 1 amide bonds. The smallest absolute Gasteiger partial charge is 0.284 e. The van der Waals surface area contributed by atoms with Gasteiger partial charge in [0.15, 0.2) is 5.82 Å². The van der Waals surface area contributed by atoms with Crippen LogP contribution in [0.1, 0.15) is 22.6 Å². The van der Waals surface area contributed by atoms with Crippen molar-refractivity contribution in [3.05, 3.63) is 35.3 Å². The lowest BCUT2D eigenvalue weighted by Gasteiger charge is -2.44. The molecule has 1 atom stereocenters. The molecule has 126 valence electrons. The minimum atomic E-state index is -0.348. The topological polar surface area (TPSA) is 64.6 Å². The summed E-state index contributed by atoms with van der Waals surface area (Å²) in [6.07, 6.45) is 1.90. The first-order chi connectivity index (χ1) is 11.8. The van der Waals surface area contributed by atoms with Gasteiger partial charge in [-0.25, -0.2) is 4.98 Å². The molecule has 2 saturated heterocycles. The van der Waals surface area contributed by atoms with Gasteiger partial charge in [0, 0.05) is 18.7 Å². The highest BCUT2D eigenvalue weighted by atomic mass is 32.1. The molecule has 0 N–H and O–H groups in total. The molecule has 1 aromatic heterocycles. The summed E-state index contributed by atoms with van der Waals surface area (Å²) in [6.45, 7) is 3.02. The number of hydrogen-bond donors (Lipinski definition) is 0. The second-order valence-corrected chi connectivity index (χ2v) is 6.96. The average molecular weight is 345 g/mol. The molecule has 2 aliphatic rings. The fraction of sp³-hybridized carbons (Fsp3) is 0.471. The molecule has 0 radical (unpaired) electrons. The monoisotopic (exact) mass is 345 g/mol. The third-order valence-electron chi connectivity index (χ3n) is 4.46. The molecule has 1 spiro atoms. The quantitative estimate of drug-likeness (QED) is 0.835. The number of rotatable bonds is 2. The zero-order chi connectivity index (χ0) is 16.4. The molecule has 3 heterocycles. The van der Waals surface area contributed by atoms with Crippen molar-refractivity contribution in [2.24, 2.45) is 0 Å². The van der Waals surface area contributed by atoms with Crippen LogP contribution in [0.4, 0.5) is 0 Å². The van der Waals surface area contributed by atoms with Crippen LogP contribution in [0.3, 0.4) is 0 Å². The van der Waals surface area contributed by atoms with E-state index < -0.39 is 0 Å². The highest BCUT2D eigenvalue weighted by Crippen LogP contribution is 2.28. The van der Waals surface area contributed by atoms with Crippen molar-refractivity contribution in [3.63, 3.8) is 0 Å². The number of amides is 1. The van der Waals surface area contributed by atoms with Crippen molar-refractivity contribution in [1.82, 2.24) is 14.3 Å². The molecule has 1 aromatic carbocycles. The number of ether oxygens (including phenoxy) is 2. The predicted octanol–water partition coefficient (Wildman–Crippen LogP) is 2.23. The molecule has 1 unspecified atom stereocenters. The maximum absolute atomic E-state index is 12.8. The summed E-state index contributed by atoms with van der Waals surface area (Å²) in [6, 6.07) is 9.71. The molecule has 0 saturated carbocycles. The average Bonchev–Trinajstić information content (AvgIpc) is 3.13. The number of morpholine rings is 1. The van der Waals surface area contributed by atoms with Crippen molar-refractivity contribution in [2.75, 3.05) is 32.9 Å². The van der Waals surface area contributed by atoms with E-state index in [4.69, 9.17) is 9.47 Å². The Kier molecular flexibility index (Phi) is 4.30. The van der Waals surface area contributed by atoms with Gasteiger partial charge in [0.1, 0.15) is 5.60 Å². The first kappa shape index (κ1) is 15.7. The number of carbonyl (C=O) groups excluding carboxylic acids is 1. The van der Waals surface area contributed by atoms with Crippen molar-refractivity contribution < 1.29 is 14.3 Å². The van der Waals surface area contributed by atoms with Crippen LogP contribution in [0, 0.1) is 0 Å². The number of aromatic nitrogens is 2. The Morgan fingerprint density at radius 2 is 2.12 bits per heavy atom. The molecule has 0 bridgehead atoms. The fourth-order valence-electron chi connectivity index (χ4n) is 3.23. The predicted molar refractivity (Wildman–Crippen MR) is 90.0 cm³/mol. The molecule has 6 nitrogen and oxygen atoms in total. The van der Waals surface area contributed by atoms with E-state index in [0.29, 0.717) is 37.1 Å². The van der Waals surface area contributed by atoms with Crippen LogP contribution in [-0.4, -0.2) is 58.7 Å². The standard InChI is InChI=1S/C17H19N3O3S/c21-16(15-18-14(19-24-15)13-5-2-1-3-6-13)20-8-10-23-17(11-20)7-4-9-22-12-17/h1-3,5-6H,4,7-12H2. The second kappa shape index (κ2) is 6.58. The lowest BCUT2D eigenvalue weighted by molar-refractivity contribution is -0.160. The number of benzene rings is 1. The first-order valence-electron chi connectivity index (χ1n) is 8.16. The summed E-state index contributed by atoms with van der Waals surface area (Å²) in [5.74, 6) is 0.538. The third-order valence-corrected chi connectivity index (χ3v) is 5.17. The van der Waals surface area contributed by atoms with E-state index in [1.54, 1.807) is 0 Å². The molecule has 2 aromatic rings. The lowest BCUT2D eigenvalue weighted by atomic mass is 9.94. The van der Waals surface area contributed by atoms with Gasteiger partial charge >= 0.3 is 0 Å². The summed E-state index contributed by atoms with van der Waals surface area (Å²) < 4.78 is 15.8.